The van der Waals surface area contributed by atoms with E-state index >= 15 is 0 Å². The number of hydrogen-bond donors (Lipinski definition) is 3. The average molecular weight is 189 g/mol. The van der Waals surface area contributed by atoms with Gasteiger partial charge in [-0.1, -0.05) is 0 Å². The van der Waals surface area contributed by atoms with Gasteiger partial charge < -0.3 is 15.3 Å². The second kappa shape index (κ2) is 5.54. The average Bonchev–Trinajstić information content (AvgIpc) is 2.03. The van der Waals surface area contributed by atoms with Gasteiger partial charge in [0, 0.05) is 26.1 Å². The molecule has 0 aliphatic carbocycles. The third kappa shape index (κ3) is 4.04. The number of β-amino-alcohol motifs (C(OH)–C–C–N with tert-alkyl or cyclic N) is 2. The van der Waals surface area contributed by atoms with E-state index in [0.717, 1.165) is 19.4 Å². The molecule has 4 heteroatoms. The van der Waals surface area contributed by atoms with Gasteiger partial charge in [-0.3, -0.25) is 4.90 Å². The minimum absolute atomic E-state index is 0.221. The van der Waals surface area contributed by atoms with E-state index in [4.69, 9.17) is 5.11 Å². The standard InChI is InChI=1S/C9H19NO3/c11-4-2-1-3-10-6-8(12)5-9(13)7-10/h8-9,11-13H,1-7H2. The normalized spacial score (nSPS) is 30.7. The Balaban J connectivity index is 2.17. The molecule has 3 N–H and O–H groups in total. The highest BCUT2D eigenvalue weighted by molar-refractivity contribution is 4.77. The minimum Gasteiger partial charge on any atom is -0.396 e. The second-order valence-electron chi connectivity index (χ2n) is 3.73. The Kier molecular flexibility index (Phi) is 4.66. The molecular formula is C9H19NO3. The Labute approximate surface area is 78.8 Å². The van der Waals surface area contributed by atoms with Crippen LogP contribution in [0.2, 0.25) is 0 Å². The van der Waals surface area contributed by atoms with Crippen LogP contribution >= 0.6 is 0 Å². The zero-order chi connectivity index (χ0) is 9.68. The molecule has 0 aromatic heterocycles. The number of rotatable bonds is 4. The van der Waals surface area contributed by atoms with Crippen LogP contribution in [0.4, 0.5) is 0 Å². The first kappa shape index (κ1) is 10.9. The maximum absolute atomic E-state index is 9.36. The summed E-state index contributed by atoms with van der Waals surface area (Å²) in [7, 11) is 0. The van der Waals surface area contributed by atoms with Crippen LogP contribution in [-0.2, 0) is 0 Å². The van der Waals surface area contributed by atoms with Crippen LogP contribution in [0.25, 0.3) is 0 Å². The third-order valence-corrected chi connectivity index (χ3v) is 2.36. The summed E-state index contributed by atoms with van der Waals surface area (Å²) in [5.41, 5.74) is 0. The maximum Gasteiger partial charge on any atom is 0.0692 e. The van der Waals surface area contributed by atoms with E-state index in [-0.39, 0.29) is 6.61 Å². The number of hydrogen-bond acceptors (Lipinski definition) is 4. The first-order chi connectivity index (χ1) is 6.22. The van der Waals surface area contributed by atoms with E-state index in [1.54, 1.807) is 0 Å². The lowest BCUT2D eigenvalue weighted by atomic mass is 10.1. The summed E-state index contributed by atoms with van der Waals surface area (Å²) in [4.78, 5) is 2.05. The largest absolute Gasteiger partial charge is 0.396 e. The third-order valence-electron chi connectivity index (χ3n) is 2.36. The van der Waals surface area contributed by atoms with E-state index in [9.17, 15) is 10.2 Å². The smallest absolute Gasteiger partial charge is 0.0692 e. The molecule has 1 saturated heterocycles. The summed E-state index contributed by atoms with van der Waals surface area (Å²) in [6.07, 6.45) is 1.44. The lowest BCUT2D eigenvalue weighted by molar-refractivity contribution is -0.00862. The zero-order valence-electron chi connectivity index (χ0n) is 7.89. The van der Waals surface area contributed by atoms with Crippen LogP contribution in [0, 0.1) is 0 Å². The van der Waals surface area contributed by atoms with Crippen molar-refractivity contribution in [2.75, 3.05) is 26.2 Å². The van der Waals surface area contributed by atoms with Crippen molar-refractivity contribution in [2.24, 2.45) is 0 Å². The second-order valence-corrected chi connectivity index (χ2v) is 3.73. The maximum atomic E-state index is 9.36. The molecule has 1 rings (SSSR count). The molecular weight excluding hydrogens is 170 g/mol. The van der Waals surface area contributed by atoms with E-state index in [0.29, 0.717) is 19.5 Å². The summed E-state index contributed by atoms with van der Waals surface area (Å²) in [6, 6.07) is 0. The molecule has 0 aromatic carbocycles. The SMILES string of the molecule is OCCCCN1CC(O)CC(O)C1. The first-order valence-electron chi connectivity index (χ1n) is 4.91. The number of nitrogens with zero attached hydrogens (tertiary/aromatic N) is 1. The summed E-state index contributed by atoms with van der Waals surface area (Å²) < 4.78 is 0. The van der Waals surface area contributed by atoms with Gasteiger partial charge in [-0.15, -0.1) is 0 Å². The molecule has 1 aliphatic heterocycles. The molecule has 0 aromatic rings. The zero-order valence-corrected chi connectivity index (χ0v) is 7.89. The Morgan fingerprint density at radius 2 is 1.69 bits per heavy atom. The van der Waals surface area contributed by atoms with E-state index < -0.39 is 12.2 Å². The Morgan fingerprint density at radius 3 is 2.23 bits per heavy atom. The lowest BCUT2D eigenvalue weighted by Crippen LogP contribution is -2.45. The van der Waals surface area contributed by atoms with Gasteiger partial charge in [0.25, 0.3) is 0 Å². The molecule has 2 unspecified atom stereocenters. The van der Waals surface area contributed by atoms with Crippen LogP contribution in [-0.4, -0.2) is 58.7 Å². The molecule has 0 saturated carbocycles. The first-order valence-corrected chi connectivity index (χ1v) is 4.91. The molecule has 13 heavy (non-hydrogen) atoms. The number of aliphatic hydroxyl groups is 3. The number of piperidine rings is 1. The van der Waals surface area contributed by atoms with E-state index in [1.165, 1.54) is 0 Å². The quantitative estimate of drug-likeness (QED) is 0.506. The van der Waals surface area contributed by atoms with E-state index in [1.807, 2.05) is 0 Å². The number of aliphatic hydroxyl groups excluding tert-OH is 3. The van der Waals surface area contributed by atoms with Gasteiger partial charge >= 0.3 is 0 Å². The fourth-order valence-corrected chi connectivity index (χ4v) is 1.76. The van der Waals surface area contributed by atoms with Gasteiger partial charge in [-0.2, -0.15) is 0 Å². The Bertz CT molecular complexity index is 133. The van der Waals surface area contributed by atoms with Crippen molar-refractivity contribution in [3.63, 3.8) is 0 Å². The highest BCUT2D eigenvalue weighted by atomic mass is 16.3. The van der Waals surface area contributed by atoms with Crippen molar-refractivity contribution >= 4 is 0 Å². The number of likely N-dealkylation sites (tertiary alicyclic amines) is 1. The van der Waals surface area contributed by atoms with Crippen molar-refractivity contribution in [3.05, 3.63) is 0 Å². The van der Waals surface area contributed by atoms with Crippen molar-refractivity contribution in [2.45, 2.75) is 31.5 Å². The summed E-state index contributed by atoms with van der Waals surface area (Å²) in [5, 5.41) is 27.3. The topological polar surface area (TPSA) is 63.9 Å². The van der Waals surface area contributed by atoms with Crippen LogP contribution in [0.15, 0.2) is 0 Å². The summed E-state index contributed by atoms with van der Waals surface area (Å²) in [5.74, 6) is 0. The Morgan fingerprint density at radius 1 is 1.08 bits per heavy atom. The fourth-order valence-electron chi connectivity index (χ4n) is 1.76. The van der Waals surface area contributed by atoms with Gasteiger partial charge in [0.05, 0.1) is 12.2 Å². The highest BCUT2D eigenvalue weighted by Gasteiger charge is 2.23. The Hall–Kier alpha value is -0.160. The van der Waals surface area contributed by atoms with Crippen LogP contribution in [0.5, 0.6) is 0 Å². The predicted molar refractivity (Wildman–Crippen MR) is 49.4 cm³/mol. The van der Waals surface area contributed by atoms with E-state index in [2.05, 4.69) is 4.90 Å². The molecule has 4 nitrogen and oxygen atoms in total. The monoisotopic (exact) mass is 189 g/mol. The van der Waals surface area contributed by atoms with Gasteiger partial charge in [-0.25, -0.2) is 0 Å². The number of unbranched alkanes of at least 4 members (excludes halogenated alkanes) is 1. The van der Waals surface area contributed by atoms with Gasteiger partial charge in [-0.05, 0) is 19.4 Å². The molecule has 1 aliphatic rings. The fraction of sp³-hybridized carbons (Fsp3) is 1.00. The highest BCUT2D eigenvalue weighted by Crippen LogP contribution is 2.11. The molecule has 78 valence electrons. The molecule has 0 amide bonds. The van der Waals surface area contributed by atoms with Crippen molar-refractivity contribution in [3.8, 4) is 0 Å². The van der Waals surface area contributed by atoms with Crippen LogP contribution in [0.3, 0.4) is 0 Å². The van der Waals surface area contributed by atoms with Crippen molar-refractivity contribution in [1.82, 2.24) is 4.90 Å². The van der Waals surface area contributed by atoms with Crippen LogP contribution < -0.4 is 0 Å². The molecule has 2 atom stereocenters. The predicted octanol–water partition coefficient (Wildman–Crippen LogP) is -0.814. The lowest BCUT2D eigenvalue weighted by Gasteiger charge is -2.33. The van der Waals surface area contributed by atoms with Crippen molar-refractivity contribution < 1.29 is 15.3 Å². The summed E-state index contributed by atoms with van der Waals surface area (Å²) in [6.45, 7) is 2.39. The molecule has 0 spiro atoms. The van der Waals surface area contributed by atoms with Crippen LogP contribution in [0.1, 0.15) is 19.3 Å². The molecule has 0 radical (unpaired) electrons. The molecule has 1 fully saturated rings. The molecule has 1 heterocycles. The summed E-state index contributed by atoms with van der Waals surface area (Å²) >= 11 is 0. The van der Waals surface area contributed by atoms with Gasteiger partial charge in [0.2, 0.25) is 0 Å². The minimum atomic E-state index is -0.391. The molecule has 0 bridgehead atoms. The van der Waals surface area contributed by atoms with Crippen molar-refractivity contribution in [1.29, 1.82) is 0 Å². The van der Waals surface area contributed by atoms with Gasteiger partial charge in [0.1, 0.15) is 0 Å². The van der Waals surface area contributed by atoms with Gasteiger partial charge in [0.15, 0.2) is 0 Å².